The third kappa shape index (κ3) is 2.56. The van der Waals surface area contributed by atoms with Crippen molar-refractivity contribution in [1.29, 1.82) is 0 Å². The molecule has 6 heteroatoms. The first-order valence-corrected chi connectivity index (χ1v) is 6.11. The van der Waals surface area contributed by atoms with Crippen LogP contribution in [0.25, 0.3) is 0 Å². The number of hydrogen-bond acceptors (Lipinski definition) is 4. The Bertz CT molecular complexity index is 553. The van der Waals surface area contributed by atoms with Gasteiger partial charge in [0.2, 0.25) is 5.88 Å². The van der Waals surface area contributed by atoms with Gasteiger partial charge in [0.15, 0.2) is 0 Å². The fourth-order valence-corrected chi connectivity index (χ4v) is 1.77. The summed E-state index contributed by atoms with van der Waals surface area (Å²) in [5.41, 5.74) is 7.26. The molecule has 18 heavy (non-hydrogen) atoms. The fourth-order valence-electron chi connectivity index (χ4n) is 1.60. The van der Waals surface area contributed by atoms with Gasteiger partial charge in [0.1, 0.15) is 11.4 Å². The van der Waals surface area contributed by atoms with Gasteiger partial charge in [-0.3, -0.25) is 4.98 Å². The second-order valence-electron chi connectivity index (χ2n) is 3.97. The smallest absolute Gasteiger partial charge is 0.241 e. The maximum atomic E-state index is 5.96. The average Bonchev–Trinajstić information content (AvgIpc) is 2.58. The van der Waals surface area contributed by atoms with Crippen LogP contribution in [-0.4, -0.2) is 14.8 Å². The van der Waals surface area contributed by atoms with Gasteiger partial charge < -0.3 is 10.5 Å². The number of ether oxygens (including phenoxy) is 1. The summed E-state index contributed by atoms with van der Waals surface area (Å²) in [5, 5.41) is 4.85. The Labute approximate surface area is 111 Å². The lowest BCUT2D eigenvalue weighted by Gasteiger charge is -2.08. The number of halogens is 1. The number of aromatic nitrogens is 3. The fraction of sp³-hybridized carbons (Fsp3) is 0.333. The van der Waals surface area contributed by atoms with E-state index in [1.807, 2.05) is 6.92 Å². The van der Waals surface area contributed by atoms with Crippen LogP contribution in [0.3, 0.4) is 0 Å². The number of hydrogen-bond donors (Lipinski definition) is 1. The summed E-state index contributed by atoms with van der Waals surface area (Å²) in [6.07, 6.45) is 4.08. The van der Waals surface area contributed by atoms with Crippen molar-refractivity contribution in [2.24, 2.45) is 0 Å². The summed E-state index contributed by atoms with van der Waals surface area (Å²) in [6, 6.07) is 1.69. The van der Waals surface area contributed by atoms with Crippen LogP contribution in [0.5, 0.6) is 11.6 Å². The van der Waals surface area contributed by atoms with E-state index in [1.54, 1.807) is 23.1 Å². The highest BCUT2D eigenvalue weighted by atomic mass is 35.5. The van der Waals surface area contributed by atoms with Gasteiger partial charge in [-0.15, -0.1) is 0 Å². The van der Waals surface area contributed by atoms with Crippen molar-refractivity contribution in [2.75, 3.05) is 5.73 Å². The lowest BCUT2D eigenvalue weighted by Crippen LogP contribution is -2.02. The lowest BCUT2D eigenvalue weighted by atomic mass is 10.4. The van der Waals surface area contributed by atoms with Crippen molar-refractivity contribution in [3.05, 3.63) is 29.2 Å². The van der Waals surface area contributed by atoms with Crippen LogP contribution in [0.4, 0.5) is 5.69 Å². The third-order valence-electron chi connectivity index (χ3n) is 2.46. The molecule has 2 rings (SSSR count). The molecule has 96 valence electrons. The van der Waals surface area contributed by atoms with E-state index in [0.717, 1.165) is 18.7 Å². The van der Waals surface area contributed by atoms with Crippen LogP contribution in [0.1, 0.15) is 19.0 Å². The number of aryl methyl sites for hydroxylation is 2. The molecule has 2 heterocycles. The van der Waals surface area contributed by atoms with Crippen LogP contribution in [0.15, 0.2) is 18.5 Å². The van der Waals surface area contributed by atoms with Crippen molar-refractivity contribution in [1.82, 2.24) is 14.8 Å². The molecule has 2 aromatic rings. The molecule has 2 N–H and O–H groups in total. The number of anilines is 1. The molecule has 2 aromatic heterocycles. The van der Waals surface area contributed by atoms with E-state index in [9.17, 15) is 0 Å². The first-order chi connectivity index (χ1) is 8.61. The Kier molecular flexibility index (Phi) is 3.72. The zero-order valence-corrected chi connectivity index (χ0v) is 11.1. The van der Waals surface area contributed by atoms with Gasteiger partial charge in [-0.25, -0.2) is 4.68 Å². The van der Waals surface area contributed by atoms with Crippen molar-refractivity contribution in [3.8, 4) is 11.6 Å². The largest absolute Gasteiger partial charge is 0.436 e. The van der Waals surface area contributed by atoms with Gasteiger partial charge in [0.05, 0.1) is 16.9 Å². The van der Waals surface area contributed by atoms with E-state index in [2.05, 4.69) is 17.0 Å². The number of nitrogens with zero attached hydrogens (tertiary/aromatic N) is 3. The predicted molar refractivity (Wildman–Crippen MR) is 71.0 cm³/mol. The number of pyridine rings is 1. The average molecular weight is 267 g/mol. The van der Waals surface area contributed by atoms with Gasteiger partial charge in [-0.1, -0.05) is 18.5 Å². The standard InChI is InChI=1S/C12H15ClN4O/c1-3-4-17-12(11(14)8(2)16-17)18-10-5-9(13)6-15-7-10/h5-7H,3-4,14H2,1-2H3. The summed E-state index contributed by atoms with van der Waals surface area (Å²) in [5.74, 6) is 1.09. The molecule has 0 spiro atoms. The van der Waals surface area contributed by atoms with Crippen molar-refractivity contribution in [3.63, 3.8) is 0 Å². The molecular weight excluding hydrogens is 252 g/mol. The zero-order chi connectivity index (χ0) is 13.1. The first-order valence-electron chi connectivity index (χ1n) is 5.73. The Morgan fingerprint density at radius 1 is 1.44 bits per heavy atom. The quantitative estimate of drug-likeness (QED) is 0.924. The SMILES string of the molecule is CCCn1nc(C)c(N)c1Oc1cncc(Cl)c1. The molecule has 0 radical (unpaired) electrons. The summed E-state index contributed by atoms with van der Waals surface area (Å²) < 4.78 is 7.48. The van der Waals surface area contributed by atoms with Crippen LogP contribution >= 0.6 is 11.6 Å². The van der Waals surface area contributed by atoms with Crippen LogP contribution in [-0.2, 0) is 6.54 Å². The molecule has 0 fully saturated rings. The summed E-state index contributed by atoms with van der Waals surface area (Å²) >= 11 is 5.86. The third-order valence-corrected chi connectivity index (χ3v) is 2.66. The van der Waals surface area contributed by atoms with Crippen molar-refractivity contribution < 1.29 is 4.74 Å². The highest BCUT2D eigenvalue weighted by Gasteiger charge is 2.14. The topological polar surface area (TPSA) is 66.0 Å². The van der Waals surface area contributed by atoms with E-state index in [0.29, 0.717) is 22.3 Å². The molecule has 5 nitrogen and oxygen atoms in total. The van der Waals surface area contributed by atoms with Crippen molar-refractivity contribution in [2.45, 2.75) is 26.8 Å². The van der Waals surface area contributed by atoms with Gasteiger partial charge >= 0.3 is 0 Å². The van der Waals surface area contributed by atoms with Gasteiger partial charge in [-0.05, 0) is 13.3 Å². The lowest BCUT2D eigenvalue weighted by molar-refractivity contribution is 0.409. The van der Waals surface area contributed by atoms with E-state index in [1.165, 1.54) is 0 Å². The van der Waals surface area contributed by atoms with E-state index >= 15 is 0 Å². The maximum Gasteiger partial charge on any atom is 0.241 e. The predicted octanol–water partition coefficient (Wildman–Crippen LogP) is 3.02. The number of nitrogens with two attached hydrogens (primary N) is 1. The first kappa shape index (κ1) is 12.7. The molecule has 0 saturated heterocycles. The minimum Gasteiger partial charge on any atom is -0.436 e. The van der Waals surface area contributed by atoms with Crippen molar-refractivity contribution >= 4 is 17.3 Å². The summed E-state index contributed by atoms with van der Waals surface area (Å²) in [6.45, 7) is 4.67. The molecular formula is C12H15ClN4O. The zero-order valence-electron chi connectivity index (χ0n) is 10.4. The minimum atomic E-state index is 0.518. The Morgan fingerprint density at radius 3 is 2.89 bits per heavy atom. The summed E-state index contributed by atoms with van der Waals surface area (Å²) in [4.78, 5) is 3.97. The number of rotatable bonds is 4. The molecule has 0 aromatic carbocycles. The van der Waals surface area contributed by atoms with Crippen LogP contribution in [0, 0.1) is 6.92 Å². The molecule has 0 unspecified atom stereocenters. The molecule has 0 amide bonds. The van der Waals surface area contributed by atoms with Gasteiger partial charge in [0.25, 0.3) is 0 Å². The van der Waals surface area contributed by atoms with E-state index < -0.39 is 0 Å². The van der Waals surface area contributed by atoms with E-state index in [-0.39, 0.29) is 0 Å². The van der Waals surface area contributed by atoms with E-state index in [4.69, 9.17) is 22.1 Å². The van der Waals surface area contributed by atoms with Gasteiger partial charge in [-0.2, -0.15) is 5.10 Å². The summed E-state index contributed by atoms with van der Waals surface area (Å²) in [7, 11) is 0. The minimum absolute atomic E-state index is 0.518. The Morgan fingerprint density at radius 2 is 2.22 bits per heavy atom. The number of nitrogen functional groups attached to an aromatic ring is 1. The highest BCUT2D eigenvalue weighted by molar-refractivity contribution is 6.30. The molecule has 0 atom stereocenters. The monoisotopic (exact) mass is 266 g/mol. The Hall–Kier alpha value is -1.75. The molecule has 0 aliphatic carbocycles. The van der Waals surface area contributed by atoms with Crippen LogP contribution < -0.4 is 10.5 Å². The van der Waals surface area contributed by atoms with Gasteiger partial charge in [0, 0.05) is 18.8 Å². The Balaban J connectivity index is 2.33. The normalized spacial score (nSPS) is 10.6. The highest BCUT2D eigenvalue weighted by Crippen LogP contribution is 2.30. The maximum absolute atomic E-state index is 5.96. The molecule has 0 bridgehead atoms. The van der Waals surface area contributed by atoms with Crippen LogP contribution in [0.2, 0.25) is 5.02 Å². The second kappa shape index (κ2) is 5.27. The molecule has 0 aliphatic heterocycles. The molecule has 0 saturated carbocycles. The second-order valence-corrected chi connectivity index (χ2v) is 4.40. The molecule has 0 aliphatic rings.